The first-order valence-electron chi connectivity index (χ1n) is 9.62. The van der Waals surface area contributed by atoms with Crippen molar-refractivity contribution in [2.24, 2.45) is 0 Å². The standard InChI is InChI=1S/C21H21ClN6O/c1-14-26-27-21-20(25-16-7-4-5-8-17(16)28(14)21)23-12-6-2-3-9-18(29)15-10-11-19(22)24-13-15/h4-5,7-8,10-11,13H,2-3,6,9,12H2,1H3,(H,23,25). The molecule has 0 bridgehead atoms. The summed E-state index contributed by atoms with van der Waals surface area (Å²) in [6, 6.07) is 11.3. The van der Waals surface area contributed by atoms with Crippen LogP contribution in [0.5, 0.6) is 0 Å². The zero-order valence-corrected chi connectivity index (χ0v) is 16.9. The molecule has 1 aromatic carbocycles. The van der Waals surface area contributed by atoms with Gasteiger partial charge in [0.05, 0.1) is 11.0 Å². The van der Waals surface area contributed by atoms with Crippen molar-refractivity contribution < 1.29 is 4.79 Å². The Morgan fingerprint density at radius 1 is 1.10 bits per heavy atom. The van der Waals surface area contributed by atoms with Gasteiger partial charge in [0.15, 0.2) is 11.6 Å². The molecule has 0 spiro atoms. The zero-order valence-electron chi connectivity index (χ0n) is 16.1. The fraction of sp³-hybridized carbons (Fsp3) is 0.286. The number of carbonyl (C=O) groups excluding carboxylic acids is 1. The summed E-state index contributed by atoms with van der Waals surface area (Å²) in [5, 5.41) is 12.2. The van der Waals surface area contributed by atoms with Crippen molar-refractivity contribution in [3.05, 3.63) is 59.1 Å². The Morgan fingerprint density at radius 3 is 2.79 bits per heavy atom. The molecule has 3 heterocycles. The van der Waals surface area contributed by atoms with E-state index in [9.17, 15) is 4.79 Å². The summed E-state index contributed by atoms with van der Waals surface area (Å²) >= 11 is 5.75. The zero-order chi connectivity index (χ0) is 20.2. The second kappa shape index (κ2) is 8.53. The van der Waals surface area contributed by atoms with E-state index in [4.69, 9.17) is 16.6 Å². The highest BCUT2D eigenvalue weighted by molar-refractivity contribution is 6.29. The Bertz CT molecular complexity index is 1160. The van der Waals surface area contributed by atoms with Crippen molar-refractivity contribution in [3.8, 4) is 0 Å². The first-order valence-corrected chi connectivity index (χ1v) is 10.0. The van der Waals surface area contributed by atoms with Crippen LogP contribution in [0.4, 0.5) is 5.82 Å². The van der Waals surface area contributed by atoms with Crippen molar-refractivity contribution in [2.45, 2.75) is 32.6 Å². The van der Waals surface area contributed by atoms with Gasteiger partial charge < -0.3 is 5.32 Å². The van der Waals surface area contributed by atoms with E-state index in [0.29, 0.717) is 17.1 Å². The molecule has 29 heavy (non-hydrogen) atoms. The number of aromatic nitrogens is 5. The Balaban J connectivity index is 1.32. The number of anilines is 1. The number of Topliss-reactive ketones (excluding diaryl/α,β-unsaturated/α-hetero) is 1. The second-order valence-corrected chi connectivity index (χ2v) is 7.27. The minimum atomic E-state index is 0.0963. The molecule has 3 aromatic heterocycles. The lowest BCUT2D eigenvalue weighted by Gasteiger charge is -2.09. The lowest BCUT2D eigenvalue weighted by molar-refractivity contribution is 0.0979. The molecule has 1 N–H and O–H groups in total. The predicted molar refractivity (Wildman–Crippen MR) is 114 cm³/mol. The first-order chi connectivity index (χ1) is 14.1. The molecule has 0 saturated heterocycles. The Kier molecular flexibility index (Phi) is 5.67. The summed E-state index contributed by atoms with van der Waals surface area (Å²) in [6.45, 7) is 2.69. The molecule has 148 valence electrons. The lowest BCUT2D eigenvalue weighted by Crippen LogP contribution is -2.07. The molecule has 7 nitrogen and oxygen atoms in total. The monoisotopic (exact) mass is 408 g/mol. The van der Waals surface area contributed by atoms with Gasteiger partial charge in [0.25, 0.3) is 0 Å². The largest absolute Gasteiger partial charge is 0.367 e. The molecular weight excluding hydrogens is 388 g/mol. The van der Waals surface area contributed by atoms with E-state index in [1.165, 1.54) is 6.20 Å². The number of nitrogens with zero attached hydrogens (tertiary/aromatic N) is 5. The van der Waals surface area contributed by atoms with Crippen LogP contribution in [0.2, 0.25) is 5.15 Å². The number of ketones is 1. The maximum absolute atomic E-state index is 12.2. The molecule has 8 heteroatoms. The number of aryl methyl sites for hydroxylation is 1. The smallest absolute Gasteiger partial charge is 0.204 e. The van der Waals surface area contributed by atoms with E-state index >= 15 is 0 Å². The molecule has 0 unspecified atom stereocenters. The number of pyridine rings is 1. The first kappa shape index (κ1) is 19.3. The van der Waals surface area contributed by atoms with Gasteiger partial charge in [-0.2, -0.15) is 0 Å². The van der Waals surface area contributed by atoms with E-state index in [1.54, 1.807) is 12.1 Å². The van der Waals surface area contributed by atoms with Crippen molar-refractivity contribution in [2.75, 3.05) is 11.9 Å². The molecule has 0 atom stereocenters. The lowest BCUT2D eigenvalue weighted by atomic mass is 10.1. The Labute approximate surface area is 173 Å². The maximum Gasteiger partial charge on any atom is 0.204 e. The van der Waals surface area contributed by atoms with E-state index in [0.717, 1.165) is 54.1 Å². The van der Waals surface area contributed by atoms with Crippen LogP contribution >= 0.6 is 11.6 Å². The number of carbonyl (C=O) groups is 1. The molecule has 0 aliphatic carbocycles. The average Bonchev–Trinajstić information content (AvgIpc) is 3.13. The minimum absolute atomic E-state index is 0.0963. The van der Waals surface area contributed by atoms with Gasteiger partial charge in [-0.3, -0.25) is 9.20 Å². The van der Waals surface area contributed by atoms with Crippen molar-refractivity contribution in [1.82, 2.24) is 24.6 Å². The normalized spacial score (nSPS) is 11.2. The third-order valence-electron chi connectivity index (χ3n) is 4.81. The van der Waals surface area contributed by atoms with E-state index in [-0.39, 0.29) is 5.78 Å². The van der Waals surface area contributed by atoms with Crippen molar-refractivity contribution >= 4 is 39.9 Å². The average molecular weight is 409 g/mol. The summed E-state index contributed by atoms with van der Waals surface area (Å²) in [4.78, 5) is 20.8. The van der Waals surface area contributed by atoms with Crippen LogP contribution in [0.3, 0.4) is 0 Å². The third-order valence-corrected chi connectivity index (χ3v) is 5.04. The second-order valence-electron chi connectivity index (χ2n) is 6.89. The maximum atomic E-state index is 12.2. The molecule has 0 amide bonds. The molecule has 0 aliphatic heterocycles. The van der Waals surface area contributed by atoms with Gasteiger partial charge in [0.2, 0.25) is 5.65 Å². The van der Waals surface area contributed by atoms with Crippen LogP contribution in [0.25, 0.3) is 16.7 Å². The number of benzene rings is 1. The van der Waals surface area contributed by atoms with Gasteiger partial charge in [-0.25, -0.2) is 9.97 Å². The van der Waals surface area contributed by atoms with Gasteiger partial charge in [0, 0.05) is 24.7 Å². The SMILES string of the molecule is Cc1nnc2c(NCCCCCC(=O)c3ccc(Cl)nc3)nc3ccccc3n12. The van der Waals surface area contributed by atoms with Crippen LogP contribution < -0.4 is 5.32 Å². The van der Waals surface area contributed by atoms with Gasteiger partial charge >= 0.3 is 0 Å². The highest BCUT2D eigenvalue weighted by Crippen LogP contribution is 2.21. The fourth-order valence-electron chi connectivity index (χ4n) is 3.32. The molecule has 0 saturated carbocycles. The van der Waals surface area contributed by atoms with E-state index in [2.05, 4.69) is 20.5 Å². The summed E-state index contributed by atoms with van der Waals surface area (Å²) in [7, 11) is 0. The Hall–Kier alpha value is -3.06. The van der Waals surface area contributed by atoms with Gasteiger partial charge in [-0.05, 0) is 44.0 Å². The van der Waals surface area contributed by atoms with Crippen molar-refractivity contribution in [3.63, 3.8) is 0 Å². The molecule has 4 rings (SSSR count). The summed E-state index contributed by atoms with van der Waals surface area (Å²) in [5.41, 5.74) is 3.22. The minimum Gasteiger partial charge on any atom is -0.367 e. The third kappa shape index (κ3) is 4.19. The summed E-state index contributed by atoms with van der Waals surface area (Å²) in [6.07, 6.45) is 4.73. The van der Waals surface area contributed by atoms with Crippen molar-refractivity contribution in [1.29, 1.82) is 0 Å². The van der Waals surface area contributed by atoms with Gasteiger partial charge in [-0.15, -0.1) is 10.2 Å². The molecule has 0 radical (unpaired) electrons. The van der Waals surface area contributed by atoms with Crippen LogP contribution in [0, 0.1) is 6.92 Å². The fourth-order valence-corrected chi connectivity index (χ4v) is 3.43. The molecule has 0 fully saturated rings. The number of rotatable bonds is 8. The van der Waals surface area contributed by atoms with E-state index in [1.807, 2.05) is 35.6 Å². The molecule has 0 aliphatic rings. The number of unbranched alkanes of at least 4 members (excludes halogenated alkanes) is 2. The molecule has 4 aromatic rings. The quantitative estimate of drug-likeness (QED) is 0.262. The van der Waals surface area contributed by atoms with Gasteiger partial charge in [-0.1, -0.05) is 30.2 Å². The number of hydrogen-bond donors (Lipinski definition) is 1. The number of halogens is 1. The number of fused-ring (bicyclic) bond motifs is 3. The highest BCUT2D eigenvalue weighted by Gasteiger charge is 2.12. The number of hydrogen-bond acceptors (Lipinski definition) is 6. The summed E-state index contributed by atoms with van der Waals surface area (Å²) < 4.78 is 2.02. The molecular formula is C21H21ClN6O. The topological polar surface area (TPSA) is 85.1 Å². The van der Waals surface area contributed by atoms with Crippen LogP contribution in [0.15, 0.2) is 42.6 Å². The van der Waals surface area contributed by atoms with E-state index < -0.39 is 0 Å². The number of nitrogens with one attached hydrogen (secondary N) is 1. The van der Waals surface area contributed by atoms with Crippen LogP contribution in [-0.4, -0.2) is 36.9 Å². The predicted octanol–water partition coefficient (Wildman–Crippen LogP) is 4.49. The van der Waals surface area contributed by atoms with Gasteiger partial charge in [0.1, 0.15) is 11.0 Å². The van der Waals surface area contributed by atoms with Crippen LogP contribution in [0.1, 0.15) is 41.9 Å². The van der Waals surface area contributed by atoms with Crippen LogP contribution in [-0.2, 0) is 0 Å². The highest BCUT2D eigenvalue weighted by atomic mass is 35.5. The summed E-state index contributed by atoms with van der Waals surface area (Å²) in [5.74, 6) is 1.66. The Morgan fingerprint density at radius 2 is 1.97 bits per heavy atom. The number of para-hydroxylation sites is 2.